The minimum atomic E-state index is -4.14. The number of benzene rings is 1. The molecule has 0 radical (unpaired) electrons. The second kappa shape index (κ2) is 13.2. The van der Waals surface area contributed by atoms with Crippen molar-refractivity contribution in [3.63, 3.8) is 0 Å². The number of aliphatic carboxylic acids is 1. The molecule has 3 rings (SSSR count). The van der Waals surface area contributed by atoms with Crippen LogP contribution in [-0.4, -0.2) is 64.3 Å². The van der Waals surface area contributed by atoms with Crippen molar-refractivity contribution in [1.82, 2.24) is 9.62 Å². The number of ether oxygens (including phenoxy) is 3. The molecule has 1 amide bonds. The molecule has 1 aliphatic heterocycles. The largest absolute Gasteiger partial charge is 1.00 e. The molecular formula is C24H31KN2O8S2. The van der Waals surface area contributed by atoms with Gasteiger partial charge in [-0.1, -0.05) is 0 Å². The Morgan fingerprint density at radius 1 is 1.08 bits per heavy atom. The molecule has 13 heteroatoms. The summed E-state index contributed by atoms with van der Waals surface area (Å²) in [4.78, 5) is 26.3. The summed E-state index contributed by atoms with van der Waals surface area (Å²) < 4.78 is 44.3. The van der Waals surface area contributed by atoms with Crippen LogP contribution in [0.3, 0.4) is 0 Å². The zero-order valence-electron chi connectivity index (χ0n) is 21.9. The minimum Gasteiger partial charge on any atom is -0.548 e. The molecule has 2 heterocycles. The number of rotatable bonds is 8. The van der Waals surface area contributed by atoms with Gasteiger partial charge in [-0.25, -0.2) is 17.9 Å². The molecule has 0 aliphatic carbocycles. The van der Waals surface area contributed by atoms with E-state index in [-0.39, 0.29) is 68.7 Å². The number of carbonyl (C=O) groups is 2. The van der Waals surface area contributed by atoms with E-state index in [4.69, 9.17) is 14.2 Å². The minimum absolute atomic E-state index is 0. The molecule has 0 bridgehead atoms. The second-order valence-electron chi connectivity index (χ2n) is 9.41. The van der Waals surface area contributed by atoms with Gasteiger partial charge in [-0.3, -0.25) is 0 Å². The van der Waals surface area contributed by atoms with Gasteiger partial charge in [0.25, 0.3) is 10.0 Å². The fourth-order valence-corrected chi connectivity index (χ4v) is 6.49. The first kappa shape index (κ1) is 32.0. The third-order valence-corrected chi connectivity index (χ3v) is 8.78. The number of likely N-dealkylation sites (tertiary alicyclic amines) is 1. The molecule has 1 fully saturated rings. The molecule has 0 saturated carbocycles. The Hall–Kier alpha value is -1.19. The molecule has 1 N–H and O–H groups in total. The van der Waals surface area contributed by atoms with Crippen LogP contribution in [0.15, 0.2) is 34.5 Å². The molecule has 1 aliphatic rings. The Labute approximate surface area is 264 Å². The number of carbonyl (C=O) groups excluding carboxylic acids is 2. The van der Waals surface area contributed by atoms with Crippen LogP contribution in [-0.2, 0) is 19.6 Å². The van der Waals surface area contributed by atoms with Crippen LogP contribution in [0.5, 0.6) is 11.5 Å². The summed E-state index contributed by atoms with van der Waals surface area (Å²) in [7, 11) is -1.11. The van der Waals surface area contributed by atoms with Crippen LogP contribution < -0.4 is 70.7 Å². The summed E-state index contributed by atoms with van der Waals surface area (Å²) in [5, 5.41) is 11.9. The number of methoxy groups -OCH3 is 2. The number of thiophene rings is 1. The Morgan fingerprint density at radius 3 is 2.24 bits per heavy atom. The molecule has 198 valence electrons. The van der Waals surface area contributed by atoms with E-state index < -0.39 is 39.6 Å². The maximum atomic E-state index is 13.1. The number of hydrogen-bond acceptors (Lipinski definition) is 9. The third-order valence-electron chi connectivity index (χ3n) is 5.71. The number of nitrogens with zero attached hydrogens (tertiary/aromatic N) is 1. The number of sulfonamides is 1. The summed E-state index contributed by atoms with van der Waals surface area (Å²) in [6.07, 6.45) is 0.108. The fourth-order valence-electron chi connectivity index (χ4n) is 3.91. The monoisotopic (exact) mass is 578 g/mol. The number of hydrogen-bond donors (Lipinski definition) is 1. The maximum Gasteiger partial charge on any atom is 1.00 e. The van der Waals surface area contributed by atoms with Crippen LogP contribution in [0.2, 0.25) is 0 Å². The Kier molecular flexibility index (Phi) is 11.5. The van der Waals surface area contributed by atoms with Gasteiger partial charge in [0, 0.05) is 18.0 Å². The number of carboxylic acid groups (broad SMARTS) is 1. The molecule has 0 spiro atoms. The molecule has 10 nitrogen and oxygen atoms in total. The smallest absolute Gasteiger partial charge is 0.548 e. The molecule has 0 unspecified atom stereocenters. The molecule has 1 aromatic carbocycles. The van der Waals surface area contributed by atoms with Gasteiger partial charge < -0.3 is 29.0 Å². The third kappa shape index (κ3) is 8.39. The number of nitrogens with one attached hydrogen (secondary N) is 1. The Bertz CT molecular complexity index is 1200. The van der Waals surface area contributed by atoms with Crippen LogP contribution in [0.4, 0.5) is 4.79 Å². The van der Waals surface area contributed by atoms with E-state index in [9.17, 15) is 23.1 Å². The summed E-state index contributed by atoms with van der Waals surface area (Å²) in [6, 6.07) is 6.87. The average molecular weight is 579 g/mol. The molecule has 1 atom stereocenters. The zero-order valence-corrected chi connectivity index (χ0v) is 26.7. The first-order valence-electron chi connectivity index (χ1n) is 11.4. The average Bonchev–Trinajstić information content (AvgIpc) is 3.32. The zero-order chi connectivity index (χ0) is 26.7. The normalized spacial score (nSPS) is 15.4. The van der Waals surface area contributed by atoms with E-state index in [1.165, 1.54) is 25.2 Å². The van der Waals surface area contributed by atoms with Crippen LogP contribution in [0.1, 0.15) is 33.6 Å². The molecular weight excluding hydrogens is 548 g/mol. The van der Waals surface area contributed by atoms with Gasteiger partial charge in [0.2, 0.25) is 0 Å². The van der Waals surface area contributed by atoms with Crippen LogP contribution >= 0.6 is 11.3 Å². The SMILES string of the molecule is COc1ccc(-c2ccc(S(=O)(=O)N[C@@H](C(=O)[O-])C3CCN(C(=O)OC(C)(C)C)CC3)s2)cc1OC.[K+]. The number of amides is 1. The van der Waals surface area contributed by atoms with Crippen molar-refractivity contribution < 1.29 is 88.7 Å². The van der Waals surface area contributed by atoms with Crippen molar-refractivity contribution in [1.29, 1.82) is 0 Å². The first-order chi connectivity index (χ1) is 16.8. The molecule has 1 aromatic heterocycles. The van der Waals surface area contributed by atoms with E-state index in [2.05, 4.69) is 4.72 Å². The van der Waals surface area contributed by atoms with Crippen molar-refractivity contribution in [2.24, 2.45) is 5.92 Å². The maximum absolute atomic E-state index is 13.1. The van der Waals surface area contributed by atoms with E-state index in [0.717, 1.165) is 16.9 Å². The van der Waals surface area contributed by atoms with Gasteiger partial charge in [0.05, 0.1) is 26.2 Å². The van der Waals surface area contributed by atoms with Gasteiger partial charge in [0.15, 0.2) is 11.5 Å². The first-order valence-corrected chi connectivity index (χ1v) is 13.7. The van der Waals surface area contributed by atoms with Crippen molar-refractivity contribution in [2.75, 3.05) is 27.3 Å². The van der Waals surface area contributed by atoms with E-state index >= 15 is 0 Å². The van der Waals surface area contributed by atoms with Gasteiger partial charge in [-0.05, 0) is 75.4 Å². The van der Waals surface area contributed by atoms with E-state index in [1.54, 1.807) is 45.0 Å². The van der Waals surface area contributed by atoms with Crippen molar-refractivity contribution >= 4 is 33.4 Å². The standard InChI is InChI=1S/C24H32N2O8S2.K/c1-24(2,3)34-23(29)26-12-10-15(11-13-26)21(22(27)28)25-36(30,31)20-9-8-19(35-20)16-6-7-17(32-4)18(14-16)33-5;/h6-9,14-15,21,25H,10-13H2,1-5H3,(H,27,28);/q;+1/p-1/t21-;/m1./s1. The fraction of sp³-hybridized carbons (Fsp3) is 0.500. The Morgan fingerprint density at radius 2 is 1.70 bits per heavy atom. The predicted molar refractivity (Wildman–Crippen MR) is 133 cm³/mol. The van der Waals surface area contributed by atoms with Gasteiger partial charge in [0.1, 0.15) is 9.81 Å². The molecule has 2 aromatic rings. The summed E-state index contributed by atoms with van der Waals surface area (Å²) >= 11 is 1.01. The molecule has 37 heavy (non-hydrogen) atoms. The van der Waals surface area contributed by atoms with Crippen LogP contribution in [0.25, 0.3) is 10.4 Å². The molecule has 1 saturated heterocycles. The van der Waals surface area contributed by atoms with Gasteiger partial charge in [-0.2, -0.15) is 0 Å². The Balaban J connectivity index is 0.00000481. The second-order valence-corrected chi connectivity index (χ2v) is 12.4. The van der Waals surface area contributed by atoms with Crippen molar-refractivity contribution in [3.05, 3.63) is 30.3 Å². The summed E-state index contributed by atoms with van der Waals surface area (Å²) in [5.74, 6) is -0.998. The van der Waals surface area contributed by atoms with Gasteiger partial charge in [-0.15, -0.1) is 11.3 Å². The summed E-state index contributed by atoms with van der Waals surface area (Å²) in [5.41, 5.74) is 0.0817. The predicted octanol–water partition coefficient (Wildman–Crippen LogP) is -0.520. The van der Waals surface area contributed by atoms with Crippen LogP contribution in [0, 0.1) is 5.92 Å². The van der Waals surface area contributed by atoms with E-state index in [1.807, 2.05) is 0 Å². The van der Waals surface area contributed by atoms with Gasteiger partial charge >= 0.3 is 57.5 Å². The topological polar surface area (TPSA) is 134 Å². The quantitative estimate of drug-likeness (QED) is 0.414. The summed E-state index contributed by atoms with van der Waals surface area (Å²) in [6.45, 7) is 5.81. The van der Waals surface area contributed by atoms with Crippen molar-refractivity contribution in [3.8, 4) is 21.9 Å². The van der Waals surface area contributed by atoms with Crippen molar-refractivity contribution in [2.45, 2.75) is 49.5 Å². The number of carboxylic acids is 1. The number of piperidine rings is 1. The van der Waals surface area contributed by atoms with E-state index in [0.29, 0.717) is 29.2 Å².